The van der Waals surface area contributed by atoms with E-state index in [1.165, 1.54) is 25.0 Å². The van der Waals surface area contributed by atoms with Crippen LogP contribution in [0.4, 0.5) is 0 Å². The number of para-hydroxylation sites is 1. The van der Waals surface area contributed by atoms with Crippen molar-refractivity contribution in [1.82, 2.24) is 5.09 Å². The molecule has 2 aromatic rings. The number of esters is 1. The predicted molar refractivity (Wildman–Crippen MR) is 147 cm³/mol. The number of aliphatic imine (C=N–C) groups is 1. The third-order valence-electron chi connectivity index (χ3n) is 6.20. The minimum Gasteiger partial charge on any atom is -0.506 e. The summed E-state index contributed by atoms with van der Waals surface area (Å²) in [5.41, 5.74) is 3.19. The van der Waals surface area contributed by atoms with Gasteiger partial charge >= 0.3 is 13.7 Å². The Bertz CT molecular complexity index is 1260. The largest absolute Gasteiger partial charge is 0.506 e. The smallest absolute Gasteiger partial charge is 0.459 e. The monoisotopic (exact) mass is 542 g/mol. The summed E-state index contributed by atoms with van der Waals surface area (Å²) >= 11 is 0. The van der Waals surface area contributed by atoms with E-state index in [4.69, 9.17) is 13.8 Å². The van der Waals surface area contributed by atoms with E-state index in [2.05, 4.69) is 16.8 Å². The summed E-state index contributed by atoms with van der Waals surface area (Å²) < 4.78 is 30.6. The molecule has 1 unspecified atom stereocenters. The fourth-order valence-electron chi connectivity index (χ4n) is 3.95. The first-order valence-corrected chi connectivity index (χ1v) is 14.0. The van der Waals surface area contributed by atoms with Crippen LogP contribution in [0.5, 0.6) is 11.5 Å². The van der Waals surface area contributed by atoms with E-state index in [0.29, 0.717) is 11.3 Å². The predicted octanol–water partition coefficient (Wildman–Crippen LogP) is 5.45. The van der Waals surface area contributed by atoms with E-state index < -0.39 is 26.4 Å². The Morgan fingerprint density at radius 3 is 2.45 bits per heavy atom. The van der Waals surface area contributed by atoms with Gasteiger partial charge < -0.3 is 19.5 Å². The Morgan fingerprint density at radius 1 is 1.11 bits per heavy atom. The molecule has 0 spiro atoms. The zero-order chi connectivity index (χ0) is 27.7. The van der Waals surface area contributed by atoms with Crippen LogP contribution in [0.15, 0.2) is 76.1 Å². The van der Waals surface area contributed by atoms with E-state index in [-0.39, 0.29) is 29.4 Å². The number of carbonyl (C=O) groups is 1. The van der Waals surface area contributed by atoms with E-state index in [1.54, 1.807) is 43.3 Å². The summed E-state index contributed by atoms with van der Waals surface area (Å²) in [4.78, 5) is 16.6. The van der Waals surface area contributed by atoms with E-state index in [1.807, 2.05) is 12.1 Å². The molecule has 0 amide bonds. The number of hydrogen-bond donors (Lipinski definition) is 3. The number of aliphatic hydroxyl groups is 2. The van der Waals surface area contributed by atoms with Gasteiger partial charge in [0.2, 0.25) is 0 Å². The molecule has 3 N–H and O–H groups in total. The lowest BCUT2D eigenvalue weighted by molar-refractivity contribution is -0.135. The molecule has 0 bridgehead atoms. The van der Waals surface area contributed by atoms with Crippen LogP contribution in [-0.4, -0.2) is 42.2 Å². The number of ether oxygens (including phenoxy) is 1. The van der Waals surface area contributed by atoms with E-state index in [9.17, 15) is 19.6 Å². The molecule has 0 fully saturated rings. The van der Waals surface area contributed by atoms with Gasteiger partial charge in [0.25, 0.3) is 0 Å². The van der Waals surface area contributed by atoms with Crippen molar-refractivity contribution in [3.05, 3.63) is 82.3 Å². The van der Waals surface area contributed by atoms with Crippen LogP contribution in [0.3, 0.4) is 0 Å². The Hall–Kier alpha value is -3.23. The van der Waals surface area contributed by atoms with Gasteiger partial charge in [0.1, 0.15) is 23.3 Å². The highest BCUT2D eigenvalue weighted by molar-refractivity contribution is 7.52. The topological polar surface area (TPSA) is 127 Å². The third kappa shape index (κ3) is 7.88. The maximum atomic E-state index is 13.8. The maximum absolute atomic E-state index is 13.8. The molecular weight excluding hydrogens is 507 g/mol. The Labute approximate surface area is 223 Å². The molecule has 0 aromatic heterocycles. The van der Waals surface area contributed by atoms with Gasteiger partial charge in [-0.05, 0) is 94.1 Å². The second kappa shape index (κ2) is 13.5. The first kappa shape index (κ1) is 29.3. The number of benzene rings is 2. The van der Waals surface area contributed by atoms with Crippen molar-refractivity contribution in [2.45, 2.75) is 52.5 Å². The fraction of sp³-hybridized carbons (Fsp3) is 0.357. The van der Waals surface area contributed by atoms with Gasteiger partial charge in [-0.15, -0.1) is 0 Å². The highest BCUT2D eigenvalue weighted by Gasteiger charge is 2.33. The van der Waals surface area contributed by atoms with Crippen molar-refractivity contribution in [3.63, 3.8) is 0 Å². The number of allylic oxidation sites excluding steroid dienone is 1. The molecule has 204 valence electrons. The molecule has 9 nitrogen and oxygen atoms in total. The molecule has 0 saturated heterocycles. The van der Waals surface area contributed by atoms with Crippen molar-refractivity contribution in [1.29, 1.82) is 0 Å². The second-order valence-corrected chi connectivity index (χ2v) is 10.8. The molecular formula is C28H35N2O7P. The molecule has 3 rings (SSSR count). The van der Waals surface area contributed by atoms with Crippen LogP contribution >= 0.6 is 7.75 Å². The van der Waals surface area contributed by atoms with Crippen molar-refractivity contribution >= 4 is 20.4 Å². The van der Waals surface area contributed by atoms with Crippen LogP contribution in [0, 0.1) is 0 Å². The standard InChI is InChI=1S/C28H35N2O7P/c1-19(26(17-31)27(32)20(2)29-4)18-35-38(34,37-24-12-6-5-7-13-24)30-21(3)28(33)36-25-15-14-22-10-8-9-11-23(22)16-25/h5-7,12-16,21,31-32H,4,8-11,17-18H2,1-3H3,(H,30,34)/b26-19+,27-20+/t21-,38?/m0/s1. The minimum atomic E-state index is -4.14. The highest BCUT2D eigenvalue weighted by Crippen LogP contribution is 2.45. The number of nitrogens with zero attached hydrogens (tertiary/aromatic N) is 1. The summed E-state index contributed by atoms with van der Waals surface area (Å²) in [6.07, 6.45) is 4.21. The molecule has 2 aromatic carbocycles. The third-order valence-corrected chi connectivity index (χ3v) is 7.83. The number of nitrogens with one attached hydrogen (secondary N) is 1. The summed E-state index contributed by atoms with van der Waals surface area (Å²) in [5, 5.41) is 22.7. The van der Waals surface area contributed by atoms with Crippen molar-refractivity contribution in [2.24, 2.45) is 4.99 Å². The van der Waals surface area contributed by atoms with Gasteiger partial charge in [-0.2, -0.15) is 5.09 Å². The average molecular weight is 543 g/mol. The molecule has 1 aliphatic rings. The van der Waals surface area contributed by atoms with Crippen LogP contribution in [0.25, 0.3) is 0 Å². The number of aryl methyl sites for hydroxylation is 2. The molecule has 10 heteroatoms. The summed E-state index contributed by atoms with van der Waals surface area (Å²) in [5.74, 6) is -0.226. The number of aliphatic hydroxyl groups excluding tert-OH is 2. The number of fused-ring (bicyclic) bond motifs is 1. The maximum Gasteiger partial charge on any atom is 0.459 e. The molecule has 2 atom stereocenters. The van der Waals surface area contributed by atoms with E-state index in [0.717, 1.165) is 25.7 Å². The highest BCUT2D eigenvalue weighted by atomic mass is 31.2. The van der Waals surface area contributed by atoms with Gasteiger partial charge in [0.15, 0.2) is 0 Å². The average Bonchev–Trinajstić information content (AvgIpc) is 2.92. The van der Waals surface area contributed by atoms with Gasteiger partial charge in [0.05, 0.1) is 18.9 Å². The Kier molecular flexibility index (Phi) is 10.4. The quantitative estimate of drug-likeness (QED) is 0.0807. The Balaban J connectivity index is 1.77. The zero-order valence-corrected chi connectivity index (χ0v) is 22.9. The summed E-state index contributed by atoms with van der Waals surface area (Å²) in [6.45, 7) is 7.21. The first-order chi connectivity index (χ1) is 18.2. The van der Waals surface area contributed by atoms with Crippen molar-refractivity contribution in [3.8, 4) is 11.5 Å². The van der Waals surface area contributed by atoms with Gasteiger partial charge in [0, 0.05) is 5.57 Å². The van der Waals surface area contributed by atoms with Crippen LogP contribution in [0.2, 0.25) is 0 Å². The number of carbonyl (C=O) groups excluding carboxylic acids is 1. The minimum absolute atomic E-state index is 0.154. The molecule has 0 aliphatic heterocycles. The lowest BCUT2D eigenvalue weighted by Gasteiger charge is -2.23. The second-order valence-electron chi connectivity index (χ2n) is 9.09. The van der Waals surface area contributed by atoms with E-state index >= 15 is 0 Å². The summed E-state index contributed by atoms with van der Waals surface area (Å²) in [6, 6.07) is 12.9. The van der Waals surface area contributed by atoms with Crippen molar-refractivity contribution in [2.75, 3.05) is 13.2 Å². The number of hydrogen-bond acceptors (Lipinski definition) is 8. The summed E-state index contributed by atoms with van der Waals surface area (Å²) in [7, 11) is -4.14. The SMILES string of the molecule is C=N/C(C)=C(O)\C(CO)=C(/C)COP(=O)(N[C@@H](C)C(=O)Oc1ccc2c(c1)CCCC2)Oc1ccccc1. The number of rotatable bonds is 12. The van der Waals surface area contributed by atoms with Crippen LogP contribution in [0.1, 0.15) is 44.7 Å². The molecule has 0 saturated carbocycles. The lowest BCUT2D eigenvalue weighted by Crippen LogP contribution is -2.36. The molecule has 0 heterocycles. The van der Waals surface area contributed by atoms with Crippen LogP contribution < -0.4 is 14.3 Å². The molecule has 1 aliphatic carbocycles. The molecule has 0 radical (unpaired) electrons. The Morgan fingerprint density at radius 2 is 1.79 bits per heavy atom. The first-order valence-electron chi connectivity index (χ1n) is 12.4. The van der Waals surface area contributed by atoms with Gasteiger partial charge in [-0.1, -0.05) is 24.3 Å². The normalized spacial score (nSPS) is 16.7. The lowest BCUT2D eigenvalue weighted by atomic mass is 9.92. The zero-order valence-electron chi connectivity index (χ0n) is 22.0. The van der Waals surface area contributed by atoms with Gasteiger partial charge in [-0.25, -0.2) is 9.36 Å². The van der Waals surface area contributed by atoms with Gasteiger partial charge in [-0.3, -0.25) is 9.52 Å². The van der Waals surface area contributed by atoms with Crippen molar-refractivity contribution < 1.29 is 33.4 Å². The van der Waals surface area contributed by atoms with Crippen LogP contribution in [-0.2, 0) is 26.7 Å². The molecule has 38 heavy (non-hydrogen) atoms. The fourth-order valence-corrected chi connectivity index (χ4v) is 5.47.